The third-order valence-corrected chi connectivity index (χ3v) is 4.33. The summed E-state index contributed by atoms with van der Waals surface area (Å²) < 4.78 is 1.83. The van der Waals surface area contributed by atoms with E-state index in [9.17, 15) is 4.79 Å². The summed E-state index contributed by atoms with van der Waals surface area (Å²) in [4.78, 5) is 13.8. The number of aromatic nitrogens is 2. The molecule has 0 saturated heterocycles. The van der Waals surface area contributed by atoms with Crippen LogP contribution in [0.2, 0.25) is 5.02 Å². The fourth-order valence-corrected chi connectivity index (χ4v) is 2.84. The van der Waals surface area contributed by atoms with Crippen LogP contribution in [0.5, 0.6) is 0 Å². The van der Waals surface area contributed by atoms with Crippen molar-refractivity contribution in [2.24, 2.45) is 0 Å². The van der Waals surface area contributed by atoms with Gasteiger partial charge in [0.05, 0.1) is 17.9 Å². The molecular weight excluding hydrogens is 360 g/mol. The summed E-state index contributed by atoms with van der Waals surface area (Å²) in [5.41, 5.74) is 3.66. The van der Waals surface area contributed by atoms with Crippen LogP contribution < -0.4 is 5.32 Å². The molecule has 0 fully saturated rings. The second-order valence-electron chi connectivity index (χ2n) is 6.12. The summed E-state index contributed by atoms with van der Waals surface area (Å²) in [5, 5.41) is 8.21. The quantitative estimate of drug-likeness (QED) is 0.639. The Labute approximate surface area is 163 Å². The topological polar surface area (TPSA) is 50.2 Å². The van der Waals surface area contributed by atoms with Gasteiger partial charge in [0.2, 0.25) is 0 Å². The van der Waals surface area contributed by atoms with Gasteiger partial charge in [-0.2, -0.15) is 5.10 Å². The molecule has 0 saturated carbocycles. The summed E-state index contributed by atoms with van der Waals surface area (Å²) >= 11 is 6.02. The lowest BCUT2D eigenvalue weighted by molar-refractivity contribution is 0.208. The van der Waals surface area contributed by atoms with E-state index < -0.39 is 0 Å². The molecule has 1 heterocycles. The van der Waals surface area contributed by atoms with E-state index >= 15 is 0 Å². The summed E-state index contributed by atoms with van der Waals surface area (Å²) in [6.45, 7) is 4.47. The van der Waals surface area contributed by atoms with Crippen LogP contribution in [-0.2, 0) is 6.54 Å². The molecule has 138 valence electrons. The molecule has 0 aliphatic carbocycles. The van der Waals surface area contributed by atoms with E-state index in [0.717, 1.165) is 22.5 Å². The first-order valence-electron chi connectivity index (χ1n) is 8.58. The van der Waals surface area contributed by atoms with Crippen molar-refractivity contribution in [2.75, 3.05) is 13.6 Å². The fourth-order valence-electron chi connectivity index (χ4n) is 2.71. The van der Waals surface area contributed by atoms with Crippen molar-refractivity contribution in [2.45, 2.75) is 6.54 Å². The molecule has 0 unspecified atom stereocenters. The number of amides is 2. The van der Waals surface area contributed by atoms with Gasteiger partial charge in [-0.3, -0.25) is 0 Å². The number of hydrogen-bond donors (Lipinski definition) is 1. The number of benzene rings is 2. The zero-order valence-electron chi connectivity index (χ0n) is 15.1. The van der Waals surface area contributed by atoms with Crippen molar-refractivity contribution in [3.8, 4) is 16.9 Å². The molecule has 3 rings (SSSR count). The van der Waals surface area contributed by atoms with E-state index in [0.29, 0.717) is 18.1 Å². The smallest absolute Gasteiger partial charge is 0.317 e. The molecule has 3 aromatic rings. The molecule has 1 N–H and O–H groups in total. The maximum atomic E-state index is 12.2. The predicted molar refractivity (Wildman–Crippen MR) is 109 cm³/mol. The van der Waals surface area contributed by atoms with Gasteiger partial charge in [0, 0.05) is 35.9 Å². The van der Waals surface area contributed by atoms with Gasteiger partial charge in [-0.1, -0.05) is 48.0 Å². The number of carbonyl (C=O) groups excluding carboxylic acids is 1. The number of para-hydroxylation sites is 1. The van der Waals surface area contributed by atoms with Crippen LogP contribution in [0.1, 0.15) is 5.56 Å². The predicted octanol–water partition coefficient (Wildman–Crippen LogP) is 4.52. The van der Waals surface area contributed by atoms with Crippen LogP contribution in [0.4, 0.5) is 4.79 Å². The number of nitrogens with one attached hydrogen (secondary N) is 1. The molecule has 2 amide bonds. The highest BCUT2D eigenvalue weighted by atomic mass is 35.5. The fraction of sp³-hybridized carbons (Fsp3) is 0.143. The van der Waals surface area contributed by atoms with Gasteiger partial charge in [0.1, 0.15) is 0 Å². The summed E-state index contributed by atoms with van der Waals surface area (Å²) in [5.74, 6) is 0. The third-order valence-electron chi connectivity index (χ3n) is 4.08. The Balaban J connectivity index is 1.95. The number of halogens is 1. The molecule has 6 heteroatoms. The van der Waals surface area contributed by atoms with Gasteiger partial charge >= 0.3 is 6.03 Å². The Kier molecular flexibility index (Phi) is 5.94. The van der Waals surface area contributed by atoms with E-state index in [1.807, 2.05) is 65.5 Å². The van der Waals surface area contributed by atoms with Crippen molar-refractivity contribution < 1.29 is 4.79 Å². The number of rotatable bonds is 6. The molecule has 0 radical (unpaired) electrons. The van der Waals surface area contributed by atoms with Crippen LogP contribution in [0.25, 0.3) is 16.9 Å². The minimum Gasteiger partial charge on any atom is -0.335 e. The van der Waals surface area contributed by atoms with Gasteiger partial charge < -0.3 is 10.2 Å². The molecular formula is C21H21ClN4O. The van der Waals surface area contributed by atoms with Gasteiger partial charge in [-0.05, 0) is 24.3 Å². The summed E-state index contributed by atoms with van der Waals surface area (Å²) in [6, 6.07) is 17.2. The maximum absolute atomic E-state index is 12.2. The molecule has 5 nitrogen and oxygen atoms in total. The second kappa shape index (κ2) is 8.56. The van der Waals surface area contributed by atoms with Crippen LogP contribution >= 0.6 is 11.6 Å². The highest BCUT2D eigenvalue weighted by Crippen LogP contribution is 2.26. The zero-order chi connectivity index (χ0) is 19.2. The van der Waals surface area contributed by atoms with Crippen LogP contribution in [0.3, 0.4) is 0 Å². The average molecular weight is 381 g/mol. The standard InChI is InChI=1S/C21H21ClN4O/c1-3-13-23-21(27)25(2)14-17-15-26(19-7-5-4-6-8-19)24-20(17)16-9-11-18(22)12-10-16/h3-12,15H,1,13-14H2,2H3,(H,23,27). The molecule has 0 atom stereocenters. The van der Waals surface area contributed by atoms with E-state index in [1.165, 1.54) is 0 Å². The highest BCUT2D eigenvalue weighted by molar-refractivity contribution is 6.30. The monoisotopic (exact) mass is 380 g/mol. The SMILES string of the molecule is C=CCNC(=O)N(C)Cc1cn(-c2ccccc2)nc1-c1ccc(Cl)cc1. The Hall–Kier alpha value is -3.05. The van der Waals surface area contributed by atoms with Crippen LogP contribution in [-0.4, -0.2) is 34.3 Å². The van der Waals surface area contributed by atoms with Crippen LogP contribution in [0.15, 0.2) is 73.4 Å². The highest BCUT2D eigenvalue weighted by Gasteiger charge is 2.16. The van der Waals surface area contributed by atoms with Gasteiger partial charge in [-0.15, -0.1) is 6.58 Å². The second-order valence-corrected chi connectivity index (χ2v) is 6.56. The van der Waals surface area contributed by atoms with Crippen LogP contribution in [0, 0.1) is 0 Å². The van der Waals surface area contributed by atoms with E-state index in [-0.39, 0.29) is 6.03 Å². The molecule has 0 aliphatic heterocycles. The average Bonchev–Trinajstić information content (AvgIpc) is 3.11. The minimum atomic E-state index is -0.163. The minimum absolute atomic E-state index is 0.163. The van der Waals surface area contributed by atoms with Crippen molar-refractivity contribution >= 4 is 17.6 Å². The van der Waals surface area contributed by atoms with Crippen molar-refractivity contribution in [3.05, 3.63) is 84.0 Å². The Morgan fingerprint density at radius 3 is 2.59 bits per heavy atom. The lowest BCUT2D eigenvalue weighted by atomic mass is 10.1. The molecule has 0 aliphatic rings. The number of hydrogen-bond acceptors (Lipinski definition) is 2. The molecule has 1 aromatic heterocycles. The molecule has 2 aromatic carbocycles. The Morgan fingerprint density at radius 1 is 1.22 bits per heavy atom. The van der Waals surface area contributed by atoms with Crippen molar-refractivity contribution in [1.82, 2.24) is 20.0 Å². The van der Waals surface area contributed by atoms with Crippen molar-refractivity contribution in [3.63, 3.8) is 0 Å². The number of urea groups is 1. The Bertz CT molecular complexity index is 919. The third kappa shape index (κ3) is 4.57. The van der Waals surface area contributed by atoms with Gasteiger partial charge in [-0.25, -0.2) is 9.48 Å². The maximum Gasteiger partial charge on any atom is 0.317 e. The number of nitrogens with zero attached hydrogens (tertiary/aromatic N) is 3. The first-order valence-corrected chi connectivity index (χ1v) is 8.96. The normalized spacial score (nSPS) is 10.4. The van der Waals surface area contributed by atoms with E-state index in [4.69, 9.17) is 16.7 Å². The molecule has 0 spiro atoms. The molecule has 0 bridgehead atoms. The van der Waals surface area contributed by atoms with Gasteiger partial charge in [0.15, 0.2) is 0 Å². The van der Waals surface area contributed by atoms with Gasteiger partial charge in [0.25, 0.3) is 0 Å². The number of carbonyl (C=O) groups is 1. The first-order chi connectivity index (χ1) is 13.1. The lowest BCUT2D eigenvalue weighted by Gasteiger charge is -2.17. The first kappa shape index (κ1) is 18.7. The molecule has 27 heavy (non-hydrogen) atoms. The summed E-state index contributed by atoms with van der Waals surface area (Å²) in [7, 11) is 1.75. The largest absolute Gasteiger partial charge is 0.335 e. The van der Waals surface area contributed by atoms with Crippen molar-refractivity contribution in [1.29, 1.82) is 0 Å². The summed E-state index contributed by atoms with van der Waals surface area (Å²) in [6.07, 6.45) is 3.61. The van der Waals surface area contributed by atoms with E-state index in [1.54, 1.807) is 18.0 Å². The zero-order valence-corrected chi connectivity index (χ0v) is 15.9. The lowest BCUT2D eigenvalue weighted by Crippen LogP contribution is -2.36. The Morgan fingerprint density at radius 2 is 1.93 bits per heavy atom. The van der Waals surface area contributed by atoms with E-state index in [2.05, 4.69) is 11.9 Å².